The predicted octanol–water partition coefficient (Wildman–Crippen LogP) is 2.32. The first-order chi connectivity index (χ1) is 7.57. The van der Waals surface area contributed by atoms with E-state index in [1.165, 1.54) is 33.5 Å². The molecule has 0 aliphatic rings. The molecule has 0 aromatic heterocycles. The summed E-state index contributed by atoms with van der Waals surface area (Å²) in [6, 6.07) is 6.31. The van der Waals surface area contributed by atoms with Gasteiger partial charge < -0.3 is 13.8 Å². The average Bonchev–Trinajstić information content (AvgIpc) is 2.37. The van der Waals surface area contributed by atoms with Crippen molar-refractivity contribution in [3.05, 3.63) is 29.8 Å². The van der Waals surface area contributed by atoms with Crippen molar-refractivity contribution in [3.8, 4) is 5.75 Å². The van der Waals surface area contributed by atoms with Crippen LogP contribution >= 0.6 is 7.60 Å². The van der Waals surface area contributed by atoms with Gasteiger partial charge >= 0.3 is 7.60 Å². The Morgan fingerprint density at radius 3 is 2.31 bits per heavy atom. The van der Waals surface area contributed by atoms with E-state index < -0.39 is 13.1 Å². The van der Waals surface area contributed by atoms with Crippen molar-refractivity contribution in [2.24, 2.45) is 0 Å². The van der Waals surface area contributed by atoms with Gasteiger partial charge in [-0.15, -0.1) is 0 Å². The van der Waals surface area contributed by atoms with E-state index in [0.29, 0.717) is 5.75 Å². The number of benzene rings is 1. The second-order valence-corrected chi connectivity index (χ2v) is 5.03. The standard InChI is InChI=1S/C10H13O5P/c1-13-9-6-4-5-8(7-9)10(11)16(12,14-2)15-3/h4-7H,1-3H3. The minimum atomic E-state index is -3.72. The van der Waals surface area contributed by atoms with E-state index in [1.807, 2.05) is 0 Å². The third kappa shape index (κ3) is 2.50. The second kappa shape index (κ2) is 5.25. The average molecular weight is 244 g/mol. The maximum absolute atomic E-state index is 11.8. The van der Waals surface area contributed by atoms with E-state index in [9.17, 15) is 9.36 Å². The maximum Gasteiger partial charge on any atom is 0.401 e. The molecule has 88 valence electrons. The lowest BCUT2D eigenvalue weighted by molar-refractivity contribution is 0.102. The van der Waals surface area contributed by atoms with Crippen LogP contribution in [0.5, 0.6) is 5.75 Å². The smallest absolute Gasteiger partial charge is 0.401 e. The fraction of sp³-hybridized carbons (Fsp3) is 0.300. The van der Waals surface area contributed by atoms with Crippen LogP contribution in [0.2, 0.25) is 0 Å². The van der Waals surface area contributed by atoms with Crippen LogP contribution in [0.3, 0.4) is 0 Å². The molecule has 16 heavy (non-hydrogen) atoms. The summed E-state index contributed by atoms with van der Waals surface area (Å²) in [5, 5.41) is 0. The zero-order chi connectivity index (χ0) is 12.2. The molecule has 0 saturated heterocycles. The number of methoxy groups -OCH3 is 1. The molecule has 0 aliphatic heterocycles. The molecule has 0 unspecified atom stereocenters. The summed E-state index contributed by atoms with van der Waals surface area (Å²) in [5.74, 6) is 0.504. The van der Waals surface area contributed by atoms with Crippen molar-refractivity contribution in [1.82, 2.24) is 0 Å². The fourth-order valence-corrected chi connectivity index (χ4v) is 2.09. The van der Waals surface area contributed by atoms with Gasteiger partial charge in [0.2, 0.25) is 0 Å². The number of ether oxygens (including phenoxy) is 1. The SMILES string of the molecule is COc1cccc(C(=O)P(=O)(OC)OC)c1. The Labute approximate surface area is 93.9 Å². The lowest BCUT2D eigenvalue weighted by Gasteiger charge is -2.12. The number of hydrogen-bond acceptors (Lipinski definition) is 5. The third-order valence-electron chi connectivity index (χ3n) is 2.05. The van der Waals surface area contributed by atoms with E-state index in [0.717, 1.165) is 0 Å². The summed E-state index contributed by atoms with van der Waals surface area (Å²) in [6.45, 7) is 0. The van der Waals surface area contributed by atoms with E-state index in [1.54, 1.807) is 12.1 Å². The molecule has 0 amide bonds. The van der Waals surface area contributed by atoms with Crippen LogP contribution in [0.25, 0.3) is 0 Å². The van der Waals surface area contributed by atoms with Crippen molar-refractivity contribution in [2.45, 2.75) is 0 Å². The highest BCUT2D eigenvalue weighted by Crippen LogP contribution is 2.49. The minimum Gasteiger partial charge on any atom is -0.497 e. The van der Waals surface area contributed by atoms with Gasteiger partial charge in [-0.25, -0.2) is 0 Å². The highest BCUT2D eigenvalue weighted by Gasteiger charge is 2.33. The molecule has 0 N–H and O–H groups in total. The Balaban J connectivity index is 3.09. The van der Waals surface area contributed by atoms with Crippen molar-refractivity contribution in [1.29, 1.82) is 0 Å². The summed E-state index contributed by atoms with van der Waals surface area (Å²) < 4.78 is 26.0. The molecule has 5 nitrogen and oxygen atoms in total. The topological polar surface area (TPSA) is 61.8 Å². The van der Waals surface area contributed by atoms with E-state index in [2.05, 4.69) is 9.05 Å². The quantitative estimate of drug-likeness (QED) is 0.744. The summed E-state index contributed by atoms with van der Waals surface area (Å²) in [4.78, 5) is 11.8. The monoisotopic (exact) mass is 244 g/mol. The van der Waals surface area contributed by atoms with Gasteiger partial charge in [0.1, 0.15) is 5.75 Å². The van der Waals surface area contributed by atoms with Crippen LogP contribution in [0.15, 0.2) is 24.3 Å². The van der Waals surface area contributed by atoms with Crippen LogP contribution in [0, 0.1) is 0 Å². The molecular weight excluding hydrogens is 231 g/mol. The Morgan fingerprint density at radius 1 is 1.19 bits per heavy atom. The molecule has 0 saturated carbocycles. The second-order valence-electron chi connectivity index (χ2n) is 2.90. The third-order valence-corrected chi connectivity index (χ3v) is 3.76. The van der Waals surface area contributed by atoms with Gasteiger partial charge in [-0.3, -0.25) is 9.36 Å². The lowest BCUT2D eigenvalue weighted by Crippen LogP contribution is -2.04. The van der Waals surface area contributed by atoms with Crippen LogP contribution in [-0.4, -0.2) is 26.9 Å². The molecule has 0 aliphatic carbocycles. The van der Waals surface area contributed by atoms with Gasteiger partial charge in [0.15, 0.2) is 0 Å². The minimum absolute atomic E-state index is 0.228. The Morgan fingerprint density at radius 2 is 1.81 bits per heavy atom. The molecule has 1 aromatic carbocycles. The molecule has 1 rings (SSSR count). The van der Waals surface area contributed by atoms with Gasteiger partial charge in [0.25, 0.3) is 5.52 Å². The zero-order valence-electron chi connectivity index (χ0n) is 9.30. The van der Waals surface area contributed by atoms with Crippen LogP contribution in [0.4, 0.5) is 0 Å². The zero-order valence-corrected chi connectivity index (χ0v) is 10.2. The van der Waals surface area contributed by atoms with E-state index >= 15 is 0 Å². The lowest BCUT2D eigenvalue weighted by atomic mass is 10.2. The maximum atomic E-state index is 11.8. The first kappa shape index (κ1) is 12.9. The number of hydrogen-bond donors (Lipinski definition) is 0. The Kier molecular flexibility index (Phi) is 4.24. The largest absolute Gasteiger partial charge is 0.497 e. The van der Waals surface area contributed by atoms with Crippen LogP contribution in [-0.2, 0) is 13.6 Å². The molecule has 6 heteroatoms. The summed E-state index contributed by atoms with van der Waals surface area (Å²) in [5.41, 5.74) is -0.456. The molecular formula is C10H13O5P. The summed E-state index contributed by atoms with van der Waals surface area (Å²) >= 11 is 0. The van der Waals surface area contributed by atoms with E-state index in [-0.39, 0.29) is 5.56 Å². The molecule has 0 heterocycles. The molecule has 0 fully saturated rings. The van der Waals surface area contributed by atoms with Crippen molar-refractivity contribution in [3.63, 3.8) is 0 Å². The van der Waals surface area contributed by atoms with Gasteiger partial charge in [-0.1, -0.05) is 12.1 Å². The highest BCUT2D eigenvalue weighted by atomic mass is 31.2. The molecule has 1 aromatic rings. The Bertz CT molecular complexity index is 421. The van der Waals surface area contributed by atoms with Crippen molar-refractivity contribution >= 4 is 13.1 Å². The number of carbonyl (C=O) groups excluding carboxylic acids is 1. The van der Waals surface area contributed by atoms with Crippen molar-refractivity contribution < 1.29 is 23.1 Å². The van der Waals surface area contributed by atoms with Crippen LogP contribution < -0.4 is 4.74 Å². The fourth-order valence-electron chi connectivity index (χ4n) is 1.15. The van der Waals surface area contributed by atoms with Crippen LogP contribution in [0.1, 0.15) is 10.4 Å². The van der Waals surface area contributed by atoms with Gasteiger partial charge in [-0.05, 0) is 12.1 Å². The predicted molar refractivity (Wildman–Crippen MR) is 58.9 cm³/mol. The first-order valence-electron chi connectivity index (χ1n) is 4.48. The van der Waals surface area contributed by atoms with Gasteiger partial charge in [0.05, 0.1) is 7.11 Å². The van der Waals surface area contributed by atoms with E-state index in [4.69, 9.17) is 4.74 Å². The summed E-state index contributed by atoms with van der Waals surface area (Å²) in [6.07, 6.45) is 0. The van der Waals surface area contributed by atoms with Crippen molar-refractivity contribution in [2.75, 3.05) is 21.3 Å². The molecule has 0 radical (unpaired) electrons. The molecule has 0 bridgehead atoms. The first-order valence-corrected chi connectivity index (χ1v) is 6.02. The normalized spacial score (nSPS) is 11.2. The summed E-state index contributed by atoms with van der Waals surface area (Å²) in [7, 11) is 0.101. The van der Waals surface area contributed by atoms with Gasteiger partial charge in [-0.2, -0.15) is 0 Å². The Hall–Kier alpha value is -1.16. The molecule has 0 spiro atoms. The number of carbonyl (C=O) groups is 1. The number of rotatable bonds is 5. The molecule has 0 atom stereocenters. The highest BCUT2D eigenvalue weighted by molar-refractivity contribution is 7.72. The van der Waals surface area contributed by atoms with Gasteiger partial charge in [0, 0.05) is 19.8 Å².